The van der Waals surface area contributed by atoms with E-state index in [0.29, 0.717) is 18.5 Å². The number of rotatable bonds is 5. The van der Waals surface area contributed by atoms with Crippen LogP contribution >= 0.6 is 0 Å². The van der Waals surface area contributed by atoms with Gasteiger partial charge in [0.15, 0.2) is 0 Å². The molecule has 1 aliphatic heterocycles. The number of aryl methyl sites for hydroxylation is 2. The summed E-state index contributed by atoms with van der Waals surface area (Å²) >= 11 is 0. The monoisotopic (exact) mass is 630 g/mol. The summed E-state index contributed by atoms with van der Waals surface area (Å²) < 4.78 is 83.7. The summed E-state index contributed by atoms with van der Waals surface area (Å²) in [4.78, 5) is 24.1. The van der Waals surface area contributed by atoms with Crippen LogP contribution in [0, 0.1) is 19.3 Å². The second-order valence-electron chi connectivity index (χ2n) is 12.0. The molecule has 2 heterocycles. The molecule has 3 aromatic rings. The number of methoxy groups -OCH3 is 1. The lowest BCUT2D eigenvalue weighted by Crippen LogP contribution is -2.57. The fourth-order valence-corrected chi connectivity index (χ4v) is 7.22. The number of carbonyl (C=O) groups is 1. The number of nitrogens with zero attached hydrogens (tertiary/aromatic N) is 3. The number of ether oxygens (including phenoxy) is 2. The molecule has 4 bridgehead atoms. The van der Waals surface area contributed by atoms with Gasteiger partial charge in [-0.05, 0) is 75.3 Å². The highest BCUT2D eigenvalue weighted by Gasteiger charge is 2.64. The van der Waals surface area contributed by atoms with Crippen LogP contribution in [0.25, 0.3) is 11.3 Å². The van der Waals surface area contributed by atoms with E-state index in [2.05, 4.69) is 14.7 Å². The second kappa shape index (κ2) is 11.0. The Morgan fingerprint density at radius 1 is 1.07 bits per heavy atom. The number of nitrogens with one attached hydrogen (secondary N) is 1. The highest BCUT2D eigenvalue weighted by Crippen LogP contribution is 2.61. The number of carbonyl (C=O) groups excluding carboxylic acids is 1. The summed E-state index contributed by atoms with van der Waals surface area (Å²) in [6.07, 6.45) is -4.14. The van der Waals surface area contributed by atoms with Crippen molar-refractivity contribution in [3.05, 3.63) is 65.2 Å². The van der Waals surface area contributed by atoms with Crippen molar-refractivity contribution in [3.63, 3.8) is 0 Å². The minimum atomic E-state index is -4.45. The van der Waals surface area contributed by atoms with E-state index in [-0.39, 0.29) is 54.3 Å². The first-order valence-electron chi connectivity index (χ1n) is 14.4. The fourth-order valence-electron chi connectivity index (χ4n) is 6.23. The lowest BCUT2D eigenvalue weighted by molar-refractivity contribution is -0.194. The molecule has 2 aliphatic carbocycles. The molecule has 44 heavy (non-hydrogen) atoms. The number of aromatic nitrogens is 2. The van der Waals surface area contributed by atoms with Crippen LogP contribution in [0.5, 0.6) is 5.88 Å². The molecule has 0 saturated heterocycles. The van der Waals surface area contributed by atoms with Gasteiger partial charge in [-0.3, -0.25) is 4.79 Å². The molecule has 6 rings (SSSR count). The van der Waals surface area contributed by atoms with Gasteiger partial charge in [0.05, 0.1) is 28.2 Å². The number of hydrogen-bond donors (Lipinski definition) is 1. The molecule has 13 heteroatoms. The summed E-state index contributed by atoms with van der Waals surface area (Å²) in [6, 6.07) is 11.3. The van der Waals surface area contributed by atoms with Crippen LogP contribution in [0.3, 0.4) is 0 Å². The van der Waals surface area contributed by atoms with Crippen LogP contribution in [0.4, 0.5) is 19.1 Å². The van der Waals surface area contributed by atoms with Crippen molar-refractivity contribution in [2.24, 2.45) is 5.41 Å². The Labute approximate surface area is 253 Å². The molecule has 1 aromatic heterocycles. The molecule has 1 amide bonds. The topological polar surface area (TPSA) is 111 Å². The Balaban J connectivity index is 1.50. The number of fused-ring (bicyclic) bond motifs is 4. The molecule has 234 valence electrons. The summed E-state index contributed by atoms with van der Waals surface area (Å²) in [6.45, 7) is 3.49. The fraction of sp³-hybridized carbons (Fsp3) is 0.452. The number of hydrogen-bond acceptors (Lipinski definition) is 7. The normalized spacial score (nSPS) is 24.1. The van der Waals surface area contributed by atoms with Crippen LogP contribution in [0.15, 0.2) is 53.4 Å². The first-order chi connectivity index (χ1) is 20.8. The first kappa shape index (κ1) is 30.3. The number of sulfonamides is 1. The summed E-state index contributed by atoms with van der Waals surface area (Å²) in [5.74, 6) is -0.860. The van der Waals surface area contributed by atoms with Crippen molar-refractivity contribution in [1.82, 2.24) is 14.9 Å². The molecule has 2 aromatic carbocycles. The van der Waals surface area contributed by atoms with Crippen molar-refractivity contribution in [3.8, 4) is 17.1 Å². The third-order valence-corrected chi connectivity index (χ3v) is 10.3. The zero-order valence-corrected chi connectivity index (χ0v) is 25.3. The Hall–Kier alpha value is -3.71. The molecule has 0 spiro atoms. The van der Waals surface area contributed by atoms with Gasteiger partial charge in [0.1, 0.15) is 6.61 Å². The zero-order valence-electron chi connectivity index (χ0n) is 24.5. The van der Waals surface area contributed by atoms with Crippen LogP contribution in [0.1, 0.15) is 53.6 Å². The van der Waals surface area contributed by atoms with E-state index in [1.54, 1.807) is 7.11 Å². The van der Waals surface area contributed by atoms with Crippen molar-refractivity contribution in [2.45, 2.75) is 75.2 Å². The van der Waals surface area contributed by atoms with Crippen molar-refractivity contribution < 1.29 is 35.9 Å². The second-order valence-corrected chi connectivity index (χ2v) is 13.6. The number of amides is 1. The standard InChI is InChI=1S/C31H33F3N4O5S/c1-18-6-4-7-19(2)27(18)25-15-26-36-29(35-25)37-44(40,41)24-9-5-8-20(12-24)28(39)38(21-13-23(14-21)42-3)22(17-43-26)16-30(10-11-30)31(32,33)34/h4-9,12,15,21-23H,10-11,13-14,16-17H2,1-3H3,(H,35,36,37)/t21?,22-,23?/m1/s1. The van der Waals surface area contributed by atoms with Gasteiger partial charge in [-0.25, -0.2) is 18.1 Å². The molecule has 2 saturated carbocycles. The van der Waals surface area contributed by atoms with Crippen molar-refractivity contribution in [1.29, 1.82) is 0 Å². The van der Waals surface area contributed by atoms with Crippen LogP contribution in [-0.4, -0.2) is 67.3 Å². The average molecular weight is 631 g/mol. The molecular weight excluding hydrogens is 597 g/mol. The number of benzene rings is 2. The minimum absolute atomic E-state index is 0.0288. The van der Waals surface area contributed by atoms with Crippen LogP contribution in [0.2, 0.25) is 0 Å². The SMILES string of the molecule is COC1CC(N2C(=O)c3cccc(c3)S(=O)(=O)Nc3nc(cc(-c4c(C)cccc4C)n3)OC[C@H]2CC2(C(F)(F)F)CC2)C1. The van der Waals surface area contributed by atoms with E-state index in [0.717, 1.165) is 16.7 Å². The predicted molar refractivity (Wildman–Crippen MR) is 156 cm³/mol. The third kappa shape index (κ3) is 5.63. The molecule has 0 radical (unpaired) electrons. The Bertz CT molecular complexity index is 1680. The van der Waals surface area contributed by atoms with Crippen molar-refractivity contribution >= 4 is 21.9 Å². The van der Waals surface area contributed by atoms with Crippen LogP contribution < -0.4 is 9.46 Å². The Morgan fingerprint density at radius 2 is 1.75 bits per heavy atom. The predicted octanol–water partition coefficient (Wildman–Crippen LogP) is 5.67. The van der Waals surface area contributed by atoms with E-state index in [1.165, 1.54) is 35.2 Å². The zero-order chi connectivity index (χ0) is 31.4. The summed E-state index contributed by atoms with van der Waals surface area (Å²) in [5.41, 5.74) is 0.995. The number of alkyl halides is 3. The lowest BCUT2D eigenvalue weighted by Gasteiger charge is -2.46. The van der Waals surface area contributed by atoms with E-state index >= 15 is 0 Å². The van der Waals surface area contributed by atoms with Gasteiger partial charge in [0, 0.05) is 30.3 Å². The van der Waals surface area contributed by atoms with E-state index < -0.39 is 39.6 Å². The molecule has 2 fully saturated rings. The maximum atomic E-state index is 14.3. The number of halogens is 3. The molecule has 1 atom stereocenters. The maximum Gasteiger partial charge on any atom is 0.394 e. The molecule has 0 unspecified atom stereocenters. The van der Waals surface area contributed by atoms with E-state index in [4.69, 9.17) is 9.47 Å². The highest BCUT2D eigenvalue weighted by molar-refractivity contribution is 7.92. The van der Waals surface area contributed by atoms with Gasteiger partial charge >= 0.3 is 6.18 Å². The minimum Gasteiger partial charge on any atom is -0.475 e. The van der Waals surface area contributed by atoms with Crippen LogP contribution in [-0.2, 0) is 14.8 Å². The average Bonchev–Trinajstić information content (AvgIpc) is 3.73. The quantitative estimate of drug-likeness (QED) is 0.387. The van der Waals surface area contributed by atoms with Gasteiger partial charge in [0.25, 0.3) is 15.9 Å². The van der Waals surface area contributed by atoms with Crippen molar-refractivity contribution in [2.75, 3.05) is 18.4 Å². The van der Waals surface area contributed by atoms with Gasteiger partial charge in [-0.2, -0.15) is 18.2 Å². The molecule has 9 nitrogen and oxygen atoms in total. The third-order valence-electron chi connectivity index (χ3n) is 8.99. The van der Waals surface area contributed by atoms with E-state index in [9.17, 15) is 26.4 Å². The van der Waals surface area contributed by atoms with Gasteiger partial charge in [-0.1, -0.05) is 24.3 Å². The Morgan fingerprint density at radius 3 is 2.39 bits per heavy atom. The molecular formula is C31H33F3N4O5S. The number of anilines is 1. The summed E-state index contributed by atoms with van der Waals surface area (Å²) in [7, 11) is -2.72. The lowest BCUT2D eigenvalue weighted by atomic mass is 9.84. The summed E-state index contributed by atoms with van der Waals surface area (Å²) in [5, 5.41) is 0. The first-order valence-corrected chi connectivity index (χ1v) is 15.9. The maximum absolute atomic E-state index is 14.3. The largest absolute Gasteiger partial charge is 0.475 e. The smallest absolute Gasteiger partial charge is 0.394 e. The molecule has 3 aliphatic rings. The molecule has 1 N–H and O–H groups in total. The van der Waals surface area contributed by atoms with E-state index in [1.807, 2.05) is 32.0 Å². The van der Waals surface area contributed by atoms with Gasteiger partial charge in [0.2, 0.25) is 11.8 Å². The van der Waals surface area contributed by atoms with Gasteiger partial charge in [-0.15, -0.1) is 0 Å². The van der Waals surface area contributed by atoms with Gasteiger partial charge < -0.3 is 14.4 Å². The Kier molecular flexibility index (Phi) is 7.60. The highest BCUT2D eigenvalue weighted by atomic mass is 32.2.